The van der Waals surface area contributed by atoms with Crippen LogP contribution in [0.1, 0.15) is 70.1 Å². The Bertz CT molecular complexity index is 410. The zero-order chi connectivity index (χ0) is 14.5. The van der Waals surface area contributed by atoms with E-state index in [9.17, 15) is 5.11 Å². The lowest BCUT2D eigenvalue weighted by Gasteiger charge is -2.32. The molecule has 0 spiro atoms. The molecule has 1 saturated carbocycles. The third-order valence-corrected chi connectivity index (χ3v) is 4.78. The topological polar surface area (TPSA) is 20.2 Å². The van der Waals surface area contributed by atoms with E-state index in [4.69, 9.17) is 0 Å². The molecule has 1 aliphatic rings. The van der Waals surface area contributed by atoms with Gasteiger partial charge < -0.3 is 5.11 Å². The fourth-order valence-corrected chi connectivity index (χ4v) is 3.64. The quantitative estimate of drug-likeness (QED) is 0.788. The molecule has 0 bridgehead atoms. The molecule has 0 aromatic heterocycles. The van der Waals surface area contributed by atoms with Crippen LogP contribution in [0.4, 0.5) is 0 Å². The molecule has 0 aliphatic heterocycles. The first-order chi connectivity index (χ1) is 9.60. The van der Waals surface area contributed by atoms with Gasteiger partial charge in [-0.05, 0) is 48.1 Å². The monoisotopic (exact) mass is 274 g/mol. The van der Waals surface area contributed by atoms with E-state index >= 15 is 0 Å². The first kappa shape index (κ1) is 15.6. The molecular weight excluding hydrogens is 244 g/mol. The smallest absolute Gasteiger partial charge is 0.0818 e. The van der Waals surface area contributed by atoms with Crippen LogP contribution >= 0.6 is 0 Å². The standard InChI is InChI=1S/C19H30O/c1-4-15-7-5-9-17(12-15)19(20)18-10-6-8-16(13-18)11-14(2)3/h6,8,10,13-15,17,19-20H,4-5,7,9,11-12H2,1-3H3. The second-order valence-corrected chi connectivity index (χ2v) is 6.99. The van der Waals surface area contributed by atoms with E-state index in [0.717, 1.165) is 17.9 Å². The van der Waals surface area contributed by atoms with Crippen LogP contribution in [0.25, 0.3) is 0 Å². The van der Waals surface area contributed by atoms with Gasteiger partial charge in [0.25, 0.3) is 0 Å². The summed E-state index contributed by atoms with van der Waals surface area (Å²) in [4.78, 5) is 0. The van der Waals surface area contributed by atoms with Gasteiger partial charge in [-0.2, -0.15) is 0 Å². The molecule has 1 aromatic rings. The molecule has 2 rings (SSSR count). The van der Waals surface area contributed by atoms with Gasteiger partial charge >= 0.3 is 0 Å². The fourth-order valence-electron chi connectivity index (χ4n) is 3.64. The van der Waals surface area contributed by atoms with Gasteiger partial charge in [0.15, 0.2) is 0 Å². The molecule has 1 aromatic carbocycles. The summed E-state index contributed by atoms with van der Waals surface area (Å²) in [5.74, 6) is 1.95. The van der Waals surface area contributed by atoms with Crippen molar-refractivity contribution in [2.24, 2.45) is 17.8 Å². The van der Waals surface area contributed by atoms with Gasteiger partial charge in [-0.25, -0.2) is 0 Å². The van der Waals surface area contributed by atoms with E-state index in [1.807, 2.05) is 0 Å². The summed E-state index contributed by atoms with van der Waals surface area (Å²) in [6.45, 7) is 6.77. The molecule has 112 valence electrons. The minimum Gasteiger partial charge on any atom is -0.388 e. The lowest BCUT2D eigenvalue weighted by Crippen LogP contribution is -2.21. The number of hydrogen-bond acceptors (Lipinski definition) is 1. The van der Waals surface area contributed by atoms with E-state index in [1.54, 1.807) is 0 Å². The van der Waals surface area contributed by atoms with Gasteiger partial charge in [0.05, 0.1) is 6.10 Å². The molecule has 20 heavy (non-hydrogen) atoms. The van der Waals surface area contributed by atoms with Crippen molar-refractivity contribution in [1.29, 1.82) is 0 Å². The predicted molar refractivity (Wildman–Crippen MR) is 85.7 cm³/mol. The number of benzene rings is 1. The zero-order valence-electron chi connectivity index (χ0n) is 13.3. The molecule has 1 heteroatoms. The molecule has 1 nitrogen and oxygen atoms in total. The fraction of sp³-hybridized carbons (Fsp3) is 0.684. The summed E-state index contributed by atoms with van der Waals surface area (Å²) in [5, 5.41) is 10.7. The maximum Gasteiger partial charge on any atom is 0.0818 e. The minimum atomic E-state index is -0.267. The molecule has 1 aliphatic carbocycles. The van der Waals surface area contributed by atoms with Gasteiger partial charge in [0.1, 0.15) is 0 Å². The molecule has 0 amide bonds. The summed E-state index contributed by atoms with van der Waals surface area (Å²) in [6.07, 6.45) is 7.12. The van der Waals surface area contributed by atoms with Crippen LogP contribution in [0.5, 0.6) is 0 Å². The average molecular weight is 274 g/mol. The van der Waals surface area contributed by atoms with Gasteiger partial charge in [0, 0.05) is 0 Å². The second kappa shape index (κ2) is 7.26. The Labute approximate surface area is 124 Å². The Morgan fingerprint density at radius 1 is 1.25 bits per heavy atom. The molecule has 0 saturated heterocycles. The summed E-state index contributed by atoms with van der Waals surface area (Å²) >= 11 is 0. The number of aliphatic hydroxyl groups is 1. The first-order valence-corrected chi connectivity index (χ1v) is 8.37. The number of aliphatic hydroxyl groups excluding tert-OH is 1. The summed E-state index contributed by atoms with van der Waals surface area (Å²) in [6, 6.07) is 8.62. The van der Waals surface area contributed by atoms with Crippen molar-refractivity contribution in [3.63, 3.8) is 0 Å². The van der Waals surface area contributed by atoms with E-state index in [2.05, 4.69) is 45.0 Å². The average Bonchev–Trinajstić information content (AvgIpc) is 2.46. The summed E-state index contributed by atoms with van der Waals surface area (Å²) in [5.41, 5.74) is 2.49. The van der Waals surface area contributed by atoms with Crippen LogP contribution in [-0.4, -0.2) is 5.11 Å². The second-order valence-electron chi connectivity index (χ2n) is 6.99. The lowest BCUT2D eigenvalue weighted by atomic mass is 9.76. The van der Waals surface area contributed by atoms with Crippen LogP contribution in [0.15, 0.2) is 24.3 Å². The zero-order valence-corrected chi connectivity index (χ0v) is 13.3. The Kier molecular flexibility index (Phi) is 5.65. The van der Waals surface area contributed by atoms with Crippen molar-refractivity contribution >= 4 is 0 Å². The molecule has 0 heterocycles. The highest BCUT2D eigenvalue weighted by molar-refractivity contribution is 5.26. The normalized spacial score (nSPS) is 24.9. The third kappa shape index (κ3) is 4.09. The molecule has 1 fully saturated rings. The first-order valence-electron chi connectivity index (χ1n) is 8.37. The molecular formula is C19H30O. The Morgan fingerprint density at radius 3 is 2.75 bits per heavy atom. The maximum absolute atomic E-state index is 10.7. The largest absolute Gasteiger partial charge is 0.388 e. The Balaban J connectivity index is 2.06. The molecule has 0 radical (unpaired) electrons. The van der Waals surface area contributed by atoms with Crippen LogP contribution in [-0.2, 0) is 6.42 Å². The van der Waals surface area contributed by atoms with Gasteiger partial charge in [-0.1, -0.05) is 64.3 Å². The van der Waals surface area contributed by atoms with Crippen molar-refractivity contribution in [1.82, 2.24) is 0 Å². The van der Waals surface area contributed by atoms with Crippen LogP contribution in [0.2, 0.25) is 0 Å². The summed E-state index contributed by atoms with van der Waals surface area (Å²) in [7, 11) is 0. The van der Waals surface area contributed by atoms with E-state index in [0.29, 0.717) is 11.8 Å². The van der Waals surface area contributed by atoms with Crippen molar-refractivity contribution in [3.05, 3.63) is 35.4 Å². The van der Waals surface area contributed by atoms with E-state index < -0.39 is 0 Å². The Morgan fingerprint density at radius 2 is 2.05 bits per heavy atom. The van der Waals surface area contributed by atoms with Crippen molar-refractivity contribution < 1.29 is 5.11 Å². The van der Waals surface area contributed by atoms with Crippen molar-refractivity contribution in [3.8, 4) is 0 Å². The maximum atomic E-state index is 10.7. The van der Waals surface area contributed by atoms with Crippen LogP contribution in [0.3, 0.4) is 0 Å². The highest BCUT2D eigenvalue weighted by Gasteiger charge is 2.27. The molecule has 3 atom stereocenters. The van der Waals surface area contributed by atoms with Gasteiger partial charge in [-0.3, -0.25) is 0 Å². The SMILES string of the molecule is CCC1CCCC(C(O)c2cccc(CC(C)C)c2)C1. The van der Waals surface area contributed by atoms with E-state index in [-0.39, 0.29) is 6.10 Å². The van der Waals surface area contributed by atoms with Crippen molar-refractivity contribution in [2.75, 3.05) is 0 Å². The minimum absolute atomic E-state index is 0.267. The predicted octanol–water partition coefficient (Wildman–Crippen LogP) is 5.13. The van der Waals surface area contributed by atoms with Gasteiger partial charge in [0.2, 0.25) is 0 Å². The highest BCUT2D eigenvalue weighted by Crippen LogP contribution is 2.38. The highest BCUT2D eigenvalue weighted by atomic mass is 16.3. The number of rotatable bonds is 5. The van der Waals surface area contributed by atoms with Crippen LogP contribution in [0, 0.1) is 17.8 Å². The summed E-state index contributed by atoms with van der Waals surface area (Å²) < 4.78 is 0. The van der Waals surface area contributed by atoms with Crippen LogP contribution < -0.4 is 0 Å². The number of hydrogen-bond donors (Lipinski definition) is 1. The molecule has 1 N–H and O–H groups in total. The Hall–Kier alpha value is -0.820. The third-order valence-electron chi connectivity index (χ3n) is 4.78. The van der Waals surface area contributed by atoms with Gasteiger partial charge in [-0.15, -0.1) is 0 Å². The van der Waals surface area contributed by atoms with Crippen molar-refractivity contribution in [2.45, 2.75) is 65.4 Å². The molecule has 3 unspecified atom stereocenters. The van der Waals surface area contributed by atoms with E-state index in [1.165, 1.54) is 37.7 Å². The lowest BCUT2D eigenvalue weighted by molar-refractivity contribution is 0.0677.